The van der Waals surface area contributed by atoms with E-state index >= 15 is 0 Å². The molecule has 1 atom stereocenters. The van der Waals surface area contributed by atoms with Crippen LogP contribution in [0.25, 0.3) is 0 Å². The first-order valence-electron chi connectivity index (χ1n) is 12.2. The summed E-state index contributed by atoms with van der Waals surface area (Å²) in [6.45, 7) is 8.30. The normalized spacial score (nSPS) is 23.2. The van der Waals surface area contributed by atoms with Crippen LogP contribution in [-0.4, -0.2) is 30.2 Å². The molecule has 178 valence electrons. The molecule has 3 rings (SSSR count). The fourth-order valence-electron chi connectivity index (χ4n) is 4.94. The minimum absolute atomic E-state index is 0.0183. The van der Waals surface area contributed by atoms with E-state index in [9.17, 15) is 9.59 Å². The van der Waals surface area contributed by atoms with Crippen LogP contribution >= 0.6 is 11.6 Å². The van der Waals surface area contributed by atoms with Gasteiger partial charge in [-0.05, 0) is 76.0 Å². The van der Waals surface area contributed by atoms with Crippen molar-refractivity contribution in [3.63, 3.8) is 0 Å². The Hall–Kier alpha value is -1.75. The van der Waals surface area contributed by atoms with Crippen LogP contribution in [0.1, 0.15) is 84.6 Å². The van der Waals surface area contributed by atoms with Crippen LogP contribution in [0.3, 0.4) is 0 Å². The van der Waals surface area contributed by atoms with Gasteiger partial charge >= 0.3 is 6.09 Å². The number of hydrogen-bond acceptors (Lipinski definition) is 3. The van der Waals surface area contributed by atoms with E-state index in [2.05, 4.69) is 17.6 Å². The molecule has 5 nitrogen and oxygen atoms in total. The molecule has 2 N–H and O–H groups in total. The van der Waals surface area contributed by atoms with Crippen molar-refractivity contribution in [2.75, 3.05) is 6.54 Å². The quantitative estimate of drug-likeness (QED) is 0.498. The van der Waals surface area contributed by atoms with Crippen molar-refractivity contribution in [1.82, 2.24) is 10.6 Å². The van der Waals surface area contributed by atoms with Crippen LogP contribution < -0.4 is 10.6 Å². The summed E-state index contributed by atoms with van der Waals surface area (Å²) in [5.74, 6) is 0.775. The summed E-state index contributed by atoms with van der Waals surface area (Å²) in [4.78, 5) is 25.8. The van der Waals surface area contributed by atoms with E-state index in [1.165, 1.54) is 18.4 Å². The van der Waals surface area contributed by atoms with E-state index in [1.54, 1.807) is 0 Å². The fourth-order valence-corrected chi connectivity index (χ4v) is 5.06. The minimum Gasteiger partial charge on any atom is -0.444 e. The highest BCUT2D eigenvalue weighted by atomic mass is 35.5. The Morgan fingerprint density at radius 3 is 2.28 bits per heavy atom. The third-order valence-electron chi connectivity index (χ3n) is 6.93. The van der Waals surface area contributed by atoms with Crippen molar-refractivity contribution >= 4 is 23.6 Å². The van der Waals surface area contributed by atoms with Gasteiger partial charge in [0.15, 0.2) is 0 Å². The number of carbonyl (C=O) groups excluding carboxylic acids is 2. The highest BCUT2D eigenvalue weighted by molar-refractivity contribution is 6.30. The van der Waals surface area contributed by atoms with Gasteiger partial charge in [0.1, 0.15) is 11.6 Å². The number of amides is 2. The van der Waals surface area contributed by atoms with Crippen molar-refractivity contribution in [3.8, 4) is 0 Å². The van der Waals surface area contributed by atoms with Gasteiger partial charge in [0.2, 0.25) is 5.91 Å². The number of rotatable bonds is 8. The smallest absolute Gasteiger partial charge is 0.408 e. The second kappa shape index (κ2) is 10.5. The molecule has 2 fully saturated rings. The molecule has 1 unspecified atom stereocenters. The second-order valence-electron chi connectivity index (χ2n) is 10.7. The molecular weight excluding hydrogens is 424 g/mol. The SMILES string of the molecule is CCCC1CCC(C(NC(=O)OC(C)(C)C)C(=O)NCC2(c3ccc(Cl)cc3)CC2)CC1. The molecule has 0 radical (unpaired) electrons. The third-order valence-corrected chi connectivity index (χ3v) is 7.18. The molecule has 32 heavy (non-hydrogen) atoms. The topological polar surface area (TPSA) is 67.4 Å². The lowest BCUT2D eigenvalue weighted by Crippen LogP contribution is -2.53. The molecule has 2 aliphatic rings. The molecular formula is C26H39ClN2O3. The van der Waals surface area contributed by atoms with E-state index in [1.807, 2.05) is 45.0 Å². The first-order chi connectivity index (χ1) is 15.1. The van der Waals surface area contributed by atoms with Gasteiger partial charge in [-0.15, -0.1) is 0 Å². The average molecular weight is 463 g/mol. The van der Waals surface area contributed by atoms with Crippen molar-refractivity contribution in [2.24, 2.45) is 11.8 Å². The van der Waals surface area contributed by atoms with Gasteiger partial charge in [-0.1, -0.05) is 56.3 Å². The van der Waals surface area contributed by atoms with E-state index in [-0.39, 0.29) is 17.2 Å². The van der Waals surface area contributed by atoms with Crippen LogP contribution in [0, 0.1) is 11.8 Å². The zero-order valence-corrected chi connectivity index (χ0v) is 20.8. The van der Waals surface area contributed by atoms with Crippen LogP contribution in [0.5, 0.6) is 0 Å². The molecule has 2 aliphatic carbocycles. The fraction of sp³-hybridized carbons (Fsp3) is 0.692. The monoisotopic (exact) mass is 462 g/mol. The van der Waals surface area contributed by atoms with E-state index in [0.29, 0.717) is 11.6 Å². The second-order valence-corrected chi connectivity index (χ2v) is 11.1. The van der Waals surface area contributed by atoms with Gasteiger partial charge in [0.25, 0.3) is 0 Å². The number of halogens is 1. The standard InChI is InChI=1S/C26H39ClN2O3/c1-5-6-18-7-9-19(10-8-18)22(29-24(31)32-25(2,3)4)23(30)28-17-26(15-16-26)20-11-13-21(27)14-12-20/h11-14,18-19,22H,5-10,15-17H2,1-4H3,(H,28,30)(H,29,31). The van der Waals surface area contributed by atoms with Gasteiger partial charge in [0.05, 0.1) is 0 Å². The Labute approximate surface area is 198 Å². The summed E-state index contributed by atoms with van der Waals surface area (Å²) < 4.78 is 5.46. The molecule has 0 aromatic heterocycles. The van der Waals surface area contributed by atoms with Gasteiger partial charge in [-0.2, -0.15) is 0 Å². The molecule has 0 bridgehead atoms. The van der Waals surface area contributed by atoms with Crippen LogP contribution in [0.2, 0.25) is 5.02 Å². The van der Waals surface area contributed by atoms with Crippen LogP contribution in [0.4, 0.5) is 4.79 Å². The lowest BCUT2D eigenvalue weighted by atomic mass is 9.77. The Kier molecular flexibility index (Phi) is 8.13. The molecule has 0 heterocycles. The number of nitrogens with one attached hydrogen (secondary N) is 2. The molecule has 0 spiro atoms. The zero-order chi connectivity index (χ0) is 23.4. The summed E-state index contributed by atoms with van der Waals surface area (Å²) in [5.41, 5.74) is 0.588. The van der Waals surface area contributed by atoms with Crippen molar-refractivity contribution in [2.45, 2.75) is 96.1 Å². The van der Waals surface area contributed by atoms with Gasteiger partial charge in [0, 0.05) is 17.0 Å². The summed E-state index contributed by atoms with van der Waals surface area (Å²) in [6, 6.07) is 7.34. The van der Waals surface area contributed by atoms with Gasteiger partial charge < -0.3 is 15.4 Å². The largest absolute Gasteiger partial charge is 0.444 e. The highest BCUT2D eigenvalue weighted by Crippen LogP contribution is 2.47. The molecule has 2 amide bonds. The molecule has 6 heteroatoms. The summed E-state index contributed by atoms with van der Waals surface area (Å²) in [6.07, 6.45) is 8.16. The lowest BCUT2D eigenvalue weighted by molar-refractivity contribution is -0.125. The Morgan fingerprint density at radius 2 is 1.75 bits per heavy atom. The maximum absolute atomic E-state index is 13.3. The average Bonchev–Trinajstić information content (AvgIpc) is 3.52. The number of benzene rings is 1. The van der Waals surface area contributed by atoms with Crippen molar-refractivity contribution in [3.05, 3.63) is 34.9 Å². The molecule has 0 aliphatic heterocycles. The molecule has 0 saturated heterocycles. The third kappa shape index (κ3) is 6.87. The molecule has 2 saturated carbocycles. The zero-order valence-electron chi connectivity index (χ0n) is 20.0. The van der Waals surface area contributed by atoms with E-state index in [4.69, 9.17) is 16.3 Å². The Bertz CT molecular complexity index is 775. The lowest BCUT2D eigenvalue weighted by Gasteiger charge is -2.34. The van der Waals surface area contributed by atoms with E-state index < -0.39 is 17.7 Å². The summed E-state index contributed by atoms with van der Waals surface area (Å²) in [5, 5.41) is 6.78. The summed E-state index contributed by atoms with van der Waals surface area (Å²) >= 11 is 6.04. The van der Waals surface area contributed by atoms with Gasteiger partial charge in [-0.25, -0.2) is 4.79 Å². The molecule has 1 aromatic carbocycles. The Morgan fingerprint density at radius 1 is 1.12 bits per heavy atom. The van der Waals surface area contributed by atoms with Crippen molar-refractivity contribution < 1.29 is 14.3 Å². The number of alkyl carbamates (subject to hydrolysis) is 1. The number of hydrogen-bond donors (Lipinski definition) is 2. The highest BCUT2D eigenvalue weighted by Gasteiger charge is 2.45. The predicted octanol–water partition coefficient (Wildman–Crippen LogP) is 5.99. The van der Waals surface area contributed by atoms with Crippen LogP contribution in [-0.2, 0) is 14.9 Å². The summed E-state index contributed by atoms with van der Waals surface area (Å²) in [7, 11) is 0. The predicted molar refractivity (Wildman–Crippen MR) is 129 cm³/mol. The maximum Gasteiger partial charge on any atom is 0.408 e. The minimum atomic E-state index is -0.601. The number of carbonyl (C=O) groups is 2. The first kappa shape index (κ1) is 24.9. The first-order valence-corrected chi connectivity index (χ1v) is 12.5. The number of ether oxygens (including phenoxy) is 1. The van der Waals surface area contributed by atoms with Gasteiger partial charge in [-0.3, -0.25) is 4.79 Å². The van der Waals surface area contributed by atoms with Crippen LogP contribution in [0.15, 0.2) is 24.3 Å². The van der Waals surface area contributed by atoms with E-state index in [0.717, 1.165) is 44.4 Å². The Balaban J connectivity index is 1.64. The maximum atomic E-state index is 13.3. The van der Waals surface area contributed by atoms with Crippen molar-refractivity contribution in [1.29, 1.82) is 0 Å². The molecule has 1 aromatic rings.